The number of nitrogens with zero attached hydrogens (tertiary/aromatic N) is 2. The lowest BCUT2D eigenvalue weighted by atomic mass is 10.2. The molecule has 1 aliphatic rings. The summed E-state index contributed by atoms with van der Waals surface area (Å²) in [5.74, 6) is 0.396. The predicted molar refractivity (Wildman–Crippen MR) is 118 cm³/mol. The molecular formula is C21H28Cl2FN3O2. The van der Waals surface area contributed by atoms with Gasteiger partial charge in [0.15, 0.2) is 0 Å². The minimum absolute atomic E-state index is 0. The van der Waals surface area contributed by atoms with Gasteiger partial charge in [0.25, 0.3) is 5.91 Å². The summed E-state index contributed by atoms with van der Waals surface area (Å²) >= 11 is 0. The van der Waals surface area contributed by atoms with Gasteiger partial charge in [-0.3, -0.25) is 14.6 Å². The zero-order chi connectivity index (χ0) is 19.1. The largest absolute Gasteiger partial charge is 0.497 e. The summed E-state index contributed by atoms with van der Waals surface area (Å²) in [7, 11) is 1.69. The van der Waals surface area contributed by atoms with Crippen LogP contribution in [0.25, 0.3) is 0 Å². The lowest BCUT2D eigenvalue weighted by Crippen LogP contribution is -2.48. The second-order valence-electron chi connectivity index (χ2n) is 6.73. The molecule has 8 heteroatoms. The number of hydrogen-bond donors (Lipinski definition) is 1. The van der Waals surface area contributed by atoms with Crippen molar-refractivity contribution in [3.63, 3.8) is 0 Å². The summed E-state index contributed by atoms with van der Waals surface area (Å²) in [6.45, 7) is 6.30. The Labute approximate surface area is 184 Å². The van der Waals surface area contributed by atoms with E-state index in [4.69, 9.17) is 4.74 Å². The molecule has 0 spiro atoms. The molecule has 2 aromatic carbocycles. The molecule has 0 atom stereocenters. The summed E-state index contributed by atoms with van der Waals surface area (Å²) in [4.78, 5) is 16.8. The number of carbonyl (C=O) groups is 1. The molecule has 2 aromatic rings. The van der Waals surface area contributed by atoms with Gasteiger partial charge < -0.3 is 10.1 Å². The molecule has 0 aromatic heterocycles. The standard InChI is InChI=1S/C21H26FN3O2.2ClH/c1-27-20-4-2-3-17(15-20)16-25-13-11-24(12-14-25)10-9-23-21(26)18-5-7-19(22)8-6-18;;/h2-8,15H,9-14,16H2,1H3,(H,23,26);2*1H. The average molecular weight is 444 g/mol. The SMILES string of the molecule is COc1cccc(CN2CCN(CCNC(=O)c3ccc(F)cc3)CC2)c1.Cl.Cl. The van der Waals surface area contributed by atoms with Crippen LogP contribution >= 0.6 is 24.8 Å². The molecule has 160 valence electrons. The van der Waals surface area contributed by atoms with Crippen LogP contribution in [0.4, 0.5) is 4.39 Å². The summed E-state index contributed by atoms with van der Waals surface area (Å²) in [6.07, 6.45) is 0. The number of amides is 1. The van der Waals surface area contributed by atoms with Crippen molar-refractivity contribution in [2.24, 2.45) is 0 Å². The van der Waals surface area contributed by atoms with Crippen LogP contribution in [0.3, 0.4) is 0 Å². The number of benzene rings is 2. The molecule has 29 heavy (non-hydrogen) atoms. The van der Waals surface area contributed by atoms with Gasteiger partial charge in [0.05, 0.1) is 7.11 Å². The van der Waals surface area contributed by atoms with Crippen LogP contribution in [0.5, 0.6) is 5.75 Å². The maximum absolute atomic E-state index is 12.9. The lowest BCUT2D eigenvalue weighted by Gasteiger charge is -2.34. The van der Waals surface area contributed by atoms with Gasteiger partial charge in [0.2, 0.25) is 0 Å². The van der Waals surface area contributed by atoms with E-state index in [9.17, 15) is 9.18 Å². The fourth-order valence-electron chi connectivity index (χ4n) is 3.23. The van der Waals surface area contributed by atoms with Gasteiger partial charge in [-0.15, -0.1) is 24.8 Å². The predicted octanol–water partition coefficient (Wildman–Crippen LogP) is 3.23. The molecule has 3 rings (SSSR count). The van der Waals surface area contributed by atoms with E-state index in [2.05, 4.69) is 27.2 Å². The van der Waals surface area contributed by atoms with Gasteiger partial charge in [-0.2, -0.15) is 0 Å². The third-order valence-electron chi connectivity index (χ3n) is 4.83. The van der Waals surface area contributed by atoms with Gasteiger partial charge in [-0.1, -0.05) is 12.1 Å². The fourth-order valence-corrected chi connectivity index (χ4v) is 3.23. The van der Waals surface area contributed by atoms with E-state index in [0.29, 0.717) is 12.1 Å². The van der Waals surface area contributed by atoms with E-state index in [1.54, 1.807) is 7.11 Å². The Kier molecular flexibility index (Phi) is 11.0. The van der Waals surface area contributed by atoms with Crippen molar-refractivity contribution in [1.29, 1.82) is 0 Å². The van der Waals surface area contributed by atoms with E-state index in [-0.39, 0.29) is 36.5 Å². The lowest BCUT2D eigenvalue weighted by molar-refractivity contribution is 0.0934. The van der Waals surface area contributed by atoms with Crippen LogP contribution in [-0.2, 0) is 6.54 Å². The van der Waals surface area contributed by atoms with Gasteiger partial charge >= 0.3 is 0 Å². The summed E-state index contributed by atoms with van der Waals surface area (Å²) in [6, 6.07) is 13.8. The number of methoxy groups -OCH3 is 1. The van der Waals surface area contributed by atoms with Crippen molar-refractivity contribution in [2.75, 3.05) is 46.4 Å². The Hall–Kier alpha value is -1.86. The number of hydrogen-bond acceptors (Lipinski definition) is 4. The summed E-state index contributed by atoms with van der Waals surface area (Å²) < 4.78 is 18.2. The second-order valence-corrected chi connectivity index (χ2v) is 6.73. The van der Waals surface area contributed by atoms with Crippen LogP contribution in [0, 0.1) is 5.82 Å². The third-order valence-corrected chi connectivity index (χ3v) is 4.83. The maximum Gasteiger partial charge on any atom is 0.251 e. The molecule has 0 aliphatic carbocycles. The Bertz CT molecular complexity index is 754. The molecule has 1 saturated heterocycles. The topological polar surface area (TPSA) is 44.8 Å². The average Bonchev–Trinajstić information content (AvgIpc) is 2.70. The minimum atomic E-state index is -0.335. The highest BCUT2D eigenvalue weighted by Gasteiger charge is 2.17. The maximum atomic E-state index is 12.9. The highest BCUT2D eigenvalue weighted by molar-refractivity contribution is 5.94. The van der Waals surface area contributed by atoms with Gasteiger partial charge in [-0.25, -0.2) is 4.39 Å². The number of piperazine rings is 1. The molecule has 1 fully saturated rings. The summed E-state index contributed by atoms with van der Waals surface area (Å²) in [5.41, 5.74) is 1.74. The smallest absolute Gasteiger partial charge is 0.251 e. The Morgan fingerprint density at radius 1 is 1.03 bits per heavy atom. The van der Waals surface area contributed by atoms with Crippen molar-refractivity contribution in [2.45, 2.75) is 6.54 Å². The van der Waals surface area contributed by atoms with Crippen LogP contribution in [0.1, 0.15) is 15.9 Å². The van der Waals surface area contributed by atoms with Gasteiger partial charge in [-0.05, 0) is 42.0 Å². The quantitative estimate of drug-likeness (QED) is 0.713. The number of rotatable bonds is 7. The molecule has 1 amide bonds. The van der Waals surface area contributed by atoms with Crippen molar-refractivity contribution >= 4 is 30.7 Å². The molecule has 0 radical (unpaired) electrons. The zero-order valence-electron chi connectivity index (χ0n) is 16.5. The van der Waals surface area contributed by atoms with Gasteiger partial charge in [0.1, 0.15) is 11.6 Å². The van der Waals surface area contributed by atoms with Crippen molar-refractivity contribution < 1.29 is 13.9 Å². The van der Waals surface area contributed by atoms with Crippen LogP contribution in [0.2, 0.25) is 0 Å². The molecule has 1 aliphatic heterocycles. The van der Waals surface area contributed by atoms with Crippen LogP contribution < -0.4 is 10.1 Å². The molecule has 1 heterocycles. The number of halogens is 3. The Morgan fingerprint density at radius 3 is 2.34 bits per heavy atom. The van der Waals surface area contributed by atoms with Crippen molar-refractivity contribution in [3.8, 4) is 5.75 Å². The van der Waals surface area contributed by atoms with Crippen LogP contribution in [-0.4, -0.2) is 62.1 Å². The van der Waals surface area contributed by atoms with E-state index < -0.39 is 0 Å². The van der Waals surface area contributed by atoms with E-state index in [0.717, 1.165) is 45.0 Å². The Morgan fingerprint density at radius 2 is 1.69 bits per heavy atom. The molecule has 0 bridgehead atoms. The second kappa shape index (κ2) is 12.6. The molecule has 0 unspecified atom stereocenters. The first-order valence-electron chi connectivity index (χ1n) is 9.25. The van der Waals surface area contributed by atoms with E-state index >= 15 is 0 Å². The molecule has 0 saturated carbocycles. The van der Waals surface area contributed by atoms with Gasteiger partial charge in [0, 0.05) is 51.4 Å². The van der Waals surface area contributed by atoms with Crippen LogP contribution in [0.15, 0.2) is 48.5 Å². The normalized spacial score (nSPS) is 14.4. The Balaban J connectivity index is 0.00000210. The summed E-state index contributed by atoms with van der Waals surface area (Å²) in [5, 5.41) is 2.90. The minimum Gasteiger partial charge on any atom is -0.497 e. The van der Waals surface area contributed by atoms with E-state index in [1.165, 1.54) is 29.8 Å². The zero-order valence-corrected chi connectivity index (χ0v) is 18.1. The van der Waals surface area contributed by atoms with Crippen molar-refractivity contribution in [1.82, 2.24) is 15.1 Å². The number of ether oxygens (including phenoxy) is 1. The number of carbonyl (C=O) groups excluding carboxylic acids is 1. The highest BCUT2D eigenvalue weighted by atomic mass is 35.5. The third kappa shape index (κ3) is 7.82. The molecule has 5 nitrogen and oxygen atoms in total. The monoisotopic (exact) mass is 443 g/mol. The molecule has 1 N–H and O–H groups in total. The highest BCUT2D eigenvalue weighted by Crippen LogP contribution is 2.15. The first-order chi connectivity index (χ1) is 13.1. The fraction of sp³-hybridized carbons (Fsp3) is 0.381. The molecular weight excluding hydrogens is 416 g/mol. The van der Waals surface area contributed by atoms with Crippen molar-refractivity contribution in [3.05, 3.63) is 65.5 Å². The first-order valence-corrected chi connectivity index (χ1v) is 9.25. The first kappa shape index (κ1) is 25.2. The number of nitrogens with one attached hydrogen (secondary N) is 1. The van der Waals surface area contributed by atoms with E-state index in [1.807, 2.05) is 12.1 Å².